The van der Waals surface area contributed by atoms with Crippen molar-refractivity contribution in [3.8, 4) is 0 Å². The zero-order valence-electron chi connectivity index (χ0n) is 33.4. The third kappa shape index (κ3) is 21.3. The fourth-order valence-electron chi connectivity index (χ4n) is 6.01. The largest absolute Gasteiger partial charge is 0.790 e. The van der Waals surface area contributed by atoms with Gasteiger partial charge in [0.25, 0.3) is 0 Å². The number of nitrogens with one attached hydrogen (secondary N) is 1. The highest BCUT2D eigenvalue weighted by atomic mass is 31.2. The molecule has 0 saturated carbocycles. The molecule has 0 spiro atoms. The van der Waals surface area contributed by atoms with Crippen LogP contribution < -0.4 is 25.5 Å². The first kappa shape index (κ1) is 51.3. The van der Waals surface area contributed by atoms with Gasteiger partial charge in [-0.2, -0.15) is 0 Å². The van der Waals surface area contributed by atoms with Crippen molar-refractivity contribution < 1.29 is 76.5 Å². The van der Waals surface area contributed by atoms with E-state index >= 15 is 0 Å². The van der Waals surface area contributed by atoms with Crippen LogP contribution in [0.25, 0.3) is 0 Å². The van der Waals surface area contributed by atoms with E-state index in [1.54, 1.807) is 0 Å². The summed E-state index contributed by atoms with van der Waals surface area (Å²) in [5.41, 5.74) is 3.96. The van der Waals surface area contributed by atoms with E-state index in [2.05, 4.69) is 15.3 Å². The Morgan fingerprint density at radius 2 is 1.00 bits per heavy atom. The second kappa shape index (κ2) is 24.4. The molecule has 17 nitrogen and oxygen atoms in total. The Balaban J connectivity index is 0.000000315. The molecule has 0 aromatic rings. The highest BCUT2D eigenvalue weighted by molar-refractivity contribution is 7.49. The average Bonchev–Trinajstić information content (AvgIpc) is 3.77. The normalized spacial score (nSPS) is 34.9. The summed E-state index contributed by atoms with van der Waals surface area (Å²) in [4.78, 5) is 33.0. The zero-order valence-corrected chi connectivity index (χ0v) is 35.2. The first-order chi connectivity index (χ1) is 25.4. The zero-order chi connectivity index (χ0) is 41.7. The summed E-state index contributed by atoms with van der Waals surface area (Å²) in [6.07, 6.45) is 0.105. The van der Waals surface area contributed by atoms with Gasteiger partial charge in [0.2, 0.25) is 7.75 Å². The predicted molar refractivity (Wildman–Crippen MR) is 199 cm³/mol. The second-order valence-corrected chi connectivity index (χ2v) is 17.7. The van der Waals surface area contributed by atoms with Crippen LogP contribution in [0.5, 0.6) is 0 Å². The first-order valence-corrected chi connectivity index (χ1v) is 21.8. The lowest BCUT2D eigenvalue weighted by molar-refractivity contribution is -0.428. The number of hydrogen-bond donors (Lipinski definition) is 2. The van der Waals surface area contributed by atoms with Gasteiger partial charge in [-0.3, -0.25) is 9.65 Å². The van der Waals surface area contributed by atoms with Crippen molar-refractivity contribution in [3.63, 3.8) is 0 Å². The molecule has 4 rings (SSSR count). The van der Waals surface area contributed by atoms with Crippen LogP contribution in [-0.2, 0) is 56.1 Å². The Labute approximate surface area is 332 Å². The van der Waals surface area contributed by atoms with Gasteiger partial charge >= 0.3 is 0 Å². The van der Waals surface area contributed by atoms with Gasteiger partial charge < -0.3 is 71.9 Å². The van der Waals surface area contributed by atoms with E-state index in [1.165, 1.54) is 0 Å². The van der Waals surface area contributed by atoms with E-state index in [0.29, 0.717) is 25.9 Å². The lowest BCUT2D eigenvalue weighted by atomic mass is 9.95. The minimum Gasteiger partial charge on any atom is -0.790 e. The molecule has 4 saturated heterocycles. The fraction of sp³-hybridized carbons (Fsp3) is 1.00. The summed E-state index contributed by atoms with van der Waals surface area (Å²) >= 11 is 0. The van der Waals surface area contributed by atoms with Gasteiger partial charge in [-0.1, -0.05) is 0 Å². The van der Waals surface area contributed by atoms with E-state index in [4.69, 9.17) is 73.8 Å². The van der Waals surface area contributed by atoms with Gasteiger partial charge in [0.05, 0.1) is 77.0 Å². The quantitative estimate of drug-likeness (QED) is 0.117. The molecule has 4 N–H and O–H groups in total. The van der Waals surface area contributed by atoms with Gasteiger partial charge in [-0.25, -0.2) is 0 Å². The van der Waals surface area contributed by atoms with Crippen molar-refractivity contribution in [2.24, 2.45) is 0 Å². The Bertz CT molecular complexity index is 1180. The molecule has 4 aliphatic heterocycles. The van der Waals surface area contributed by atoms with Crippen LogP contribution in [0, 0.1) is 0 Å². The molecular formula is C32H60B4N2O15P2-2. The van der Waals surface area contributed by atoms with Crippen LogP contribution in [0.3, 0.4) is 0 Å². The lowest BCUT2D eigenvalue weighted by Gasteiger charge is -2.31. The van der Waals surface area contributed by atoms with Crippen molar-refractivity contribution in [2.75, 3.05) is 26.4 Å². The van der Waals surface area contributed by atoms with Crippen molar-refractivity contribution in [2.45, 2.75) is 178 Å². The lowest BCUT2D eigenvalue weighted by Crippen LogP contribution is -2.65. The van der Waals surface area contributed by atoms with Crippen LogP contribution in [0.15, 0.2) is 0 Å². The van der Waals surface area contributed by atoms with Crippen LogP contribution in [0.4, 0.5) is 0 Å². The van der Waals surface area contributed by atoms with Gasteiger partial charge in [0.15, 0.2) is 0 Å². The Hall–Kier alpha value is 0.120. The maximum atomic E-state index is 12.4. The molecule has 0 aliphatic carbocycles. The average molecular weight is 818 g/mol. The maximum Gasteiger partial charge on any atom is 0.204 e. The third-order valence-electron chi connectivity index (χ3n) is 8.36. The number of ether oxygens (including phenoxy) is 8. The molecule has 55 heavy (non-hydrogen) atoms. The van der Waals surface area contributed by atoms with Crippen molar-refractivity contribution in [3.05, 3.63) is 0 Å². The SMILES string of the molecule is [B][C@H]1CC(NP(=O)([O-])OC[C@H]2O[C@@H]([B])CC2OC(C)C)[C@@H](COC(C)C)O1.[B][C@H]1CC(OC(C)C)[C@@H](COP(=O)([O-])[O-])O1.[B][C@H]1CC([NH3+])[C@@H](COC(C)C)O1. The van der Waals surface area contributed by atoms with Crippen LogP contribution in [-0.4, -0.2) is 155 Å². The Kier molecular flexibility index (Phi) is 22.7. The molecule has 13 atom stereocenters. The van der Waals surface area contributed by atoms with Crippen molar-refractivity contribution >= 4 is 47.0 Å². The maximum absolute atomic E-state index is 12.4. The molecule has 0 aromatic carbocycles. The summed E-state index contributed by atoms with van der Waals surface area (Å²) in [5.74, 6) is 0. The van der Waals surface area contributed by atoms with Gasteiger partial charge in [-0.05, 0) is 74.7 Å². The minimum absolute atomic E-state index is 0.00277. The minimum atomic E-state index is -4.98. The summed E-state index contributed by atoms with van der Waals surface area (Å²) in [6, 6.07) is -1.96. The van der Waals surface area contributed by atoms with Crippen molar-refractivity contribution in [1.29, 1.82) is 0 Å². The van der Waals surface area contributed by atoms with Crippen molar-refractivity contribution in [1.82, 2.24) is 5.09 Å². The topological polar surface area (TPSA) is 235 Å². The van der Waals surface area contributed by atoms with Gasteiger partial charge in [0.1, 0.15) is 55.7 Å². The number of phosphoric ester groups is 1. The van der Waals surface area contributed by atoms with E-state index in [-0.39, 0.29) is 74.6 Å². The van der Waals surface area contributed by atoms with Crippen LogP contribution >= 0.6 is 15.6 Å². The number of hydrogen-bond acceptors (Lipinski definition) is 15. The monoisotopic (exact) mass is 818 g/mol. The van der Waals surface area contributed by atoms with E-state index < -0.39 is 57.9 Å². The third-order valence-corrected chi connectivity index (χ3v) is 9.97. The molecular weight excluding hydrogens is 758 g/mol. The molecule has 23 heteroatoms. The summed E-state index contributed by atoms with van der Waals surface area (Å²) in [7, 11) is 13.4. The van der Waals surface area contributed by atoms with Gasteiger partial charge in [0, 0.05) is 36.5 Å². The summed E-state index contributed by atoms with van der Waals surface area (Å²) in [6.45, 7) is 15.6. The van der Waals surface area contributed by atoms with Crippen LogP contribution in [0.1, 0.15) is 81.1 Å². The number of quaternary nitrogens is 1. The number of phosphoric acid groups is 1. The molecule has 4 aliphatic rings. The molecule has 4 fully saturated rings. The predicted octanol–water partition coefficient (Wildman–Crippen LogP) is -1.57. The summed E-state index contributed by atoms with van der Waals surface area (Å²) < 4.78 is 75.8. The Morgan fingerprint density at radius 1 is 0.600 bits per heavy atom. The van der Waals surface area contributed by atoms with E-state index in [1.807, 2.05) is 55.4 Å². The number of rotatable bonds is 18. The molecule has 0 bridgehead atoms. The van der Waals surface area contributed by atoms with E-state index in [0.717, 1.165) is 6.42 Å². The Morgan fingerprint density at radius 3 is 1.42 bits per heavy atom. The highest BCUT2D eigenvalue weighted by Gasteiger charge is 2.38. The fourth-order valence-corrected chi connectivity index (χ4v) is 7.44. The van der Waals surface area contributed by atoms with Gasteiger partial charge in [-0.15, -0.1) is 0 Å². The standard InChI is InChI=1S/C16H30B2NO7P.C8H16BNO2.C8H16BO6P/c1-9(2)22-7-13-11(5-15(17)25-13)19-27(20,21)23-8-14-12(24-10(3)4)6-16(18)26-14;1-5(2)11-4-7-6(10)3-8(9)12-7;1-5(2)14-6-3-8(9)15-7(6)4-13-16(10,11)12/h9-16H,5-8H2,1-4H3,(H2,19,20,21);5-8H,3-4,10H2,1-2H3;5-8H,3-4H2,1-2H3,(H2,10,11,12)/p-2/t11?,12?,13-,14-,15-,16-;2*6?,7-,8-/m111/s1. The molecule has 5 unspecified atom stereocenters. The second-order valence-electron chi connectivity index (χ2n) is 15.0. The molecule has 0 amide bonds. The smallest absolute Gasteiger partial charge is 0.204 e. The van der Waals surface area contributed by atoms with E-state index in [9.17, 15) is 23.8 Å². The molecule has 0 aromatic heterocycles. The molecule has 8 radical (unpaired) electrons. The van der Waals surface area contributed by atoms with Crippen LogP contribution in [0.2, 0.25) is 0 Å². The molecule has 4 heterocycles. The highest BCUT2D eigenvalue weighted by Crippen LogP contribution is 2.37. The summed E-state index contributed by atoms with van der Waals surface area (Å²) in [5, 5.41) is 2.52. The first-order valence-electron chi connectivity index (χ1n) is 18.8. The molecule has 312 valence electrons.